The minimum atomic E-state index is -0.252. The highest BCUT2D eigenvalue weighted by Crippen LogP contribution is 2.41. The van der Waals surface area contributed by atoms with Crippen LogP contribution in [-0.4, -0.2) is 19.9 Å². The van der Waals surface area contributed by atoms with Gasteiger partial charge in [0.2, 0.25) is 0 Å². The molecule has 0 radical (unpaired) electrons. The molecule has 0 aliphatic carbocycles. The van der Waals surface area contributed by atoms with E-state index in [1.807, 2.05) is 12.1 Å². The molecular weight excluding hydrogens is 278 g/mol. The number of H-pyrrole nitrogens is 1. The van der Waals surface area contributed by atoms with Crippen molar-refractivity contribution < 1.29 is 5.11 Å². The van der Waals surface area contributed by atoms with E-state index in [-0.39, 0.29) is 16.5 Å². The van der Waals surface area contributed by atoms with Crippen LogP contribution >= 0.6 is 0 Å². The summed E-state index contributed by atoms with van der Waals surface area (Å²) in [6.07, 6.45) is 0. The predicted octanol–water partition coefficient (Wildman–Crippen LogP) is 3.08. The van der Waals surface area contributed by atoms with Gasteiger partial charge < -0.3 is 5.11 Å². The maximum absolute atomic E-state index is 11.6. The summed E-state index contributed by atoms with van der Waals surface area (Å²) in [7, 11) is 1.68. The fraction of sp³-hybridized carbons (Fsp3) is 0.529. The minimum absolute atomic E-state index is 0.213. The van der Waals surface area contributed by atoms with Crippen molar-refractivity contribution in [1.29, 1.82) is 0 Å². The van der Waals surface area contributed by atoms with E-state index in [2.05, 4.69) is 51.7 Å². The highest BCUT2D eigenvalue weighted by molar-refractivity contribution is 5.64. The summed E-state index contributed by atoms with van der Waals surface area (Å²) in [4.78, 5) is 11.6. The van der Waals surface area contributed by atoms with E-state index >= 15 is 0 Å². The summed E-state index contributed by atoms with van der Waals surface area (Å²) in [6.45, 7) is 12.3. The Morgan fingerprint density at radius 3 is 1.82 bits per heavy atom. The zero-order valence-corrected chi connectivity index (χ0v) is 14.4. The number of aromatic nitrogens is 3. The van der Waals surface area contributed by atoms with E-state index in [1.165, 1.54) is 4.57 Å². The van der Waals surface area contributed by atoms with Crippen molar-refractivity contribution in [3.05, 3.63) is 33.7 Å². The van der Waals surface area contributed by atoms with Gasteiger partial charge in [-0.05, 0) is 23.0 Å². The van der Waals surface area contributed by atoms with Gasteiger partial charge in [-0.1, -0.05) is 41.5 Å². The zero-order valence-electron chi connectivity index (χ0n) is 14.4. The molecule has 0 saturated carbocycles. The maximum Gasteiger partial charge on any atom is 0.343 e. The zero-order chi connectivity index (χ0) is 16.9. The highest BCUT2D eigenvalue weighted by atomic mass is 16.3. The summed E-state index contributed by atoms with van der Waals surface area (Å²) < 4.78 is 1.48. The first-order chi connectivity index (χ1) is 9.93. The lowest BCUT2D eigenvalue weighted by Crippen LogP contribution is -2.18. The van der Waals surface area contributed by atoms with Gasteiger partial charge in [-0.25, -0.2) is 9.89 Å². The fourth-order valence-corrected chi connectivity index (χ4v) is 2.51. The van der Waals surface area contributed by atoms with Crippen LogP contribution in [0.15, 0.2) is 16.9 Å². The number of hydrogen-bond donors (Lipinski definition) is 2. The summed E-state index contributed by atoms with van der Waals surface area (Å²) in [5, 5.41) is 17.3. The molecule has 0 aliphatic rings. The average Bonchev–Trinajstić information content (AvgIpc) is 2.68. The molecular formula is C17H25N3O2. The monoisotopic (exact) mass is 303 g/mol. The Hall–Kier alpha value is -2.04. The topological polar surface area (TPSA) is 70.9 Å². The van der Waals surface area contributed by atoms with E-state index < -0.39 is 0 Å². The highest BCUT2D eigenvalue weighted by Gasteiger charge is 2.27. The first kappa shape index (κ1) is 16.3. The van der Waals surface area contributed by atoms with Gasteiger partial charge in [-0.15, -0.1) is 0 Å². The summed E-state index contributed by atoms with van der Waals surface area (Å²) in [5.41, 5.74) is 1.85. The molecule has 1 aromatic heterocycles. The van der Waals surface area contributed by atoms with Crippen LogP contribution in [0.5, 0.6) is 5.75 Å². The van der Waals surface area contributed by atoms with Gasteiger partial charge in [0.05, 0.1) is 0 Å². The average molecular weight is 303 g/mol. The van der Waals surface area contributed by atoms with E-state index in [0.717, 1.165) is 16.7 Å². The van der Waals surface area contributed by atoms with Crippen molar-refractivity contribution in [2.24, 2.45) is 7.05 Å². The number of aromatic hydroxyl groups is 1. The predicted molar refractivity (Wildman–Crippen MR) is 88.3 cm³/mol. The first-order valence-corrected chi connectivity index (χ1v) is 7.42. The molecule has 120 valence electrons. The first-order valence-electron chi connectivity index (χ1n) is 7.42. The number of aromatic amines is 1. The van der Waals surface area contributed by atoms with Crippen molar-refractivity contribution in [3.8, 4) is 17.1 Å². The number of hydrogen-bond acceptors (Lipinski definition) is 3. The molecule has 2 aromatic rings. The second kappa shape index (κ2) is 5.00. The fourth-order valence-electron chi connectivity index (χ4n) is 2.51. The number of nitrogens with zero attached hydrogens (tertiary/aromatic N) is 2. The number of nitrogens with one attached hydrogen (secondary N) is 1. The summed E-state index contributed by atoms with van der Waals surface area (Å²) in [6, 6.07) is 3.83. The lowest BCUT2D eigenvalue weighted by atomic mass is 9.78. The van der Waals surface area contributed by atoms with Gasteiger partial charge >= 0.3 is 5.69 Å². The maximum atomic E-state index is 11.6. The largest absolute Gasteiger partial charge is 0.507 e. The molecule has 0 spiro atoms. The molecule has 0 atom stereocenters. The molecule has 0 amide bonds. The number of benzene rings is 1. The Labute approximate surface area is 131 Å². The van der Waals surface area contributed by atoms with Crippen molar-refractivity contribution in [3.63, 3.8) is 0 Å². The Morgan fingerprint density at radius 1 is 1.05 bits per heavy atom. The molecule has 0 unspecified atom stereocenters. The van der Waals surface area contributed by atoms with Crippen molar-refractivity contribution in [2.75, 3.05) is 0 Å². The van der Waals surface area contributed by atoms with Crippen LogP contribution in [0, 0.1) is 0 Å². The van der Waals surface area contributed by atoms with Gasteiger partial charge in [0.1, 0.15) is 5.75 Å². The van der Waals surface area contributed by atoms with Crippen LogP contribution in [0.25, 0.3) is 11.4 Å². The number of phenols is 1. The van der Waals surface area contributed by atoms with Gasteiger partial charge in [0.15, 0.2) is 5.82 Å². The normalized spacial score (nSPS) is 12.7. The molecule has 0 bridgehead atoms. The second-order valence-corrected chi connectivity index (χ2v) is 7.83. The molecule has 1 aromatic carbocycles. The minimum Gasteiger partial charge on any atom is -0.507 e. The van der Waals surface area contributed by atoms with Crippen molar-refractivity contribution in [1.82, 2.24) is 14.8 Å². The van der Waals surface area contributed by atoms with E-state index in [0.29, 0.717) is 11.6 Å². The van der Waals surface area contributed by atoms with Gasteiger partial charge in [0.25, 0.3) is 0 Å². The van der Waals surface area contributed by atoms with Crippen molar-refractivity contribution in [2.45, 2.75) is 52.4 Å². The van der Waals surface area contributed by atoms with Gasteiger partial charge in [0, 0.05) is 23.7 Å². The Bertz CT molecular complexity index is 720. The van der Waals surface area contributed by atoms with Crippen LogP contribution in [-0.2, 0) is 17.9 Å². The molecule has 22 heavy (non-hydrogen) atoms. The van der Waals surface area contributed by atoms with E-state index in [1.54, 1.807) is 7.05 Å². The molecule has 2 rings (SSSR count). The number of rotatable bonds is 1. The molecule has 5 heteroatoms. The molecule has 2 N–H and O–H groups in total. The second-order valence-electron chi connectivity index (χ2n) is 7.83. The summed E-state index contributed by atoms with van der Waals surface area (Å²) >= 11 is 0. The van der Waals surface area contributed by atoms with E-state index in [4.69, 9.17) is 0 Å². The van der Waals surface area contributed by atoms with Gasteiger partial charge in [-0.3, -0.25) is 4.57 Å². The standard InChI is InChI=1S/C17H25N3O2/c1-16(2,3)11-8-10(14-18-19-15(22)20(14)7)9-12(13(11)21)17(4,5)6/h8-9,21H,1-7H3,(H,19,22). The van der Waals surface area contributed by atoms with Crippen LogP contribution in [0.2, 0.25) is 0 Å². The molecule has 5 nitrogen and oxygen atoms in total. The lowest BCUT2D eigenvalue weighted by molar-refractivity contribution is 0.423. The smallest absolute Gasteiger partial charge is 0.343 e. The quantitative estimate of drug-likeness (QED) is 0.850. The van der Waals surface area contributed by atoms with E-state index in [9.17, 15) is 9.90 Å². The molecule has 0 saturated heterocycles. The lowest BCUT2D eigenvalue weighted by Gasteiger charge is -2.28. The summed E-state index contributed by atoms with van der Waals surface area (Å²) in [5.74, 6) is 0.894. The van der Waals surface area contributed by atoms with Crippen LogP contribution in [0.3, 0.4) is 0 Å². The number of phenolic OH excluding ortho intramolecular Hbond substituents is 1. The Morgan fingerprint density at radius 2 is 1.50 bits per heavy atom. The third-order valence-corrected chi connectivity index (χ3v) is 3.86. The van der Waals surface area contributed by atoms with Crippen molar-refractivity contribution >= 4 is 0 Å². The SMILES string of the molecule is Cn1c(-c2cc(C(C)(C)C)c(O)c(C(C)(C)C)c2)n[nH]c1=O. The molecule has 1 heterocycles. The van der Waals surface area contributed by atoms with Crippen LogP contribution in [0.1, 0.15) is 52.7 Å². The Kier molecular flexibility index (Phi) is 3.71. The Balaban J connectivity index is 2.82. The molecule has 0 aliphatic heterocycles. The van der Waals surface area contributed by atoms with Crippen LogP contribution in [0.4, 0.5) is 0 Å². The molecule has 0 fully saturated rings. The third kappa shape index (κ3) is 2.80. The third-order valence-electron chi connectivity index (χ3n) is 3.86. The van der Waals surface area contributed by atoms with Crippen LogP contribution < -0.4 is 5.69 Å². The van der Waals surface area contributed by atoms with Gasteiger partial charge in [-0.2, -0.15) is 5.10 Å².